The number of rotatable bonds is 3. The minimum atomic E-state index is -0.535. The summed E-state index contributed by atoms with van der Waals surface area (Å²) in [6.07, 6.45) is 0. The summed E-state index contributed by atoms with van der Waals surface area (Å²) in [7, 11) is 0. The van der Waals surface area contributed by atoms with Crippen LogP contribution >= 0.6 is 11.6 Å². The third-order valence-corrected chi connectivity index (χ3v) is 3.14. The highest BCUT2D eigenvalue weighted by Crippen LogP contribution is 2.31. The monoisotopic (exact) mass is 296 g/mol. The summed E-state index contributed by atoms with van der Waals surface area (Å²) in [5.41, 5.74) is 2.87. The Morgan fingerprint density at radius 3 is 2.75 bits per heavy atom. The van der Waals surface area contributed by atoms with Gasteiger partial charge in [0.15, 0.2) is 0 Å². The van der Waals surface area contributed by atoms with Crippen LogP contribution in [-0.4, -0.2) is 27.0 Å². The van der Waals surface area contributed by atoms with E-state index in [0.717, 1.165) is 5.69 Å². The first-order valence-corrected chi connectivity index (χ1v) is 6.56. The molecule has 0 unspecified atom stereocenters. The molecule has 0 saturated heterocycles. The van der Waals surface area contributed by atoms with Crippen LogP contribution in [0.25, 0.3) is 5.65 Å². The van der Waals surface area contributed by atoms with Gasteiger partial charge in [0.25, 0.3) is 5.91 Å². The molecule has 2 heterocycles. The Morgan fingerprint density at radius 1 is 1.45 bits per heavy atom. The van der Waals surface area contributed by atoms with Crippen molar-refractivity contribution < 1.29 is 10.0 Å². The SMILES string of the molecule is CC(C)(C)c1nc2cccc(Cl)n2c1NCC(=O)NO. The Kier molecular flexibility index (Phi) is 3.87. The first-order valence-electron chi connectivity index (χ1n) is 6.19. The number of carbonyl (C=O) groups excluding carboxylic acids is 1. The third-order valence-electron chi connectivity index (χ3n) is 2.85. The highest BCUT2D eigenvalue weighted by atomic mass is 35.5. The van der Waals surface area contributed by atoms with Gasteiger partial charge < -0.3 is 5.32 Å². The normalized spacial score (nSPS) is 11.7. The maximum absolute atomic E-state index is 11.2. The second-order valence-corrected chi connectivity index (χ2v) is 5.88. The van der Waals surface area contributed by atoms with Gasteiger partial charge in [-0.25, -0.2) is 10.5 Å². The van der Waals surface area contributed by atoms with E-state index in [1.54, 1.807) is 15.9 Å². The summed E-state index contributed by atoms with van der Waals surface area (Å²) in [6.45, 7) is 6.01. The Morgan fingerprint density at radius 2 is 2.15 bits per heavy atom. The van der Waals surface area contributed by atoms with E-state index in [-0.39, 0.29) is 12.0 Å². The largest absolute Gasteiger partial charge is 0.360 e. The molecule has 0 aliphatic heterocycles. The van der Waals surface area contributed by atoms with E-state index in [4.69, 9.17) is 16.8 Å². The first kappa shape index (κ1) is 14.6. The van der Waals surface area contributed by atoms with Crippen molar-refractivity contribution in [2.45, 2.75) is 26.2 Å². The van der Waals surface area contributed by atoms with Crippen LogP contribution in [0.3, 0.4) is 0 Å². The topological polar surface area (TPSA) is 78.7 Å². The van der Waals surface area contributed by atoms with Crippen molar-refractivity contribution in [2.75, 3.05) is 11.9 Å². The molecule has 0 bridgehead atoms. The molecule has 0 spiro atoms. The quantitative estimate of drug-likeness (QED) is 0.461. The van der Waals surface area contributed by atoms with Crippen molar-refractivity contribution in [2.24, 2.45) is 0 Å². The minimum absolute atomic E-state index is 0.0708. The van der Waals surface area contributed by atoms with Gasteiger partial charge in [0.2, 0.25) is 0 Å². The zero-order valence-corrected chi connectivity index (χ0v) is 12.3. The van der Waals surface area contributed by atoms with Crippen molar-refractivity contribution >= 4 is 29.0 Å². The van der Waals surface area contributed by atoms with Crippen LogP contribution in [0.15, 0.2) is 18.2 Å². The predicted molar refractivity (Wildman–Crippen MR) is 77.3 cm³/mol. The molecule has 0 saturated carbocycles. The molecule has 0 fully saturated rings. The van der Waals surface area contributed by atoms with E-state index in [1.165, 1.54) is 0 Å². The summed E-state index contributed by atoms with van der Waals surface area (Å²) in [5.74, 6) is 0.119. The lowest BCUT2D eigenvalue weighted by atomic mass is 9.92. The molecule has 0 radical (unpaired) electrons. The van der Waals surface area contributed by atoms with Gasteiger partial charge in [-0.2, -0.15) is 0 Å². The average molecular weight is 297 g/mol. The molecular formula is C13H17ClN4O2. The molecular weight excluding hydrogens is 280 g/mol. The zero-order valence-electron chi connectivity index (χ0n) is 11.6. The number of imidazole rings is 1. The van der Waals surface area contributed by atoms with E-state index < -0.39 is 5.91 Å². The highest BCUT2D eigenvalue weighted by Gasteiger charge is 2.25. The predicted octanol–water partition coefficient (Wildman–Crippen LogP) is 2.20. The van der Waals surface area contributed by atoms with Gasteiger partial charge in [0.1, 0.15) is 16.6 Å². The summed E-state index contributed by atoms with van der Waals surface area (Å²) in [5, 5.41) is 12.0. The van der Waals surface area contributed by atoms with Crippen molar-refractivity contribution in [1.29, 1.82) is 0 Å². The standard InChI is InChI=1S/C13H17ClN4O2/c1-13(2,3)11-12(15-7-10(19)17-20)18-8(14)5-4-6-9(18)16-11/h4-6,15,20H,7H2,1-3H3,(H,17,19). The van der Waals surface area contributed by atoms with E-state index in [0.29, 0.717) is 16.6 Å². The number of pyridine rings is 1. The highest BCUT2D eigenvalue weighted by molar-refractivity contribution is 6.30. The van der Waals surface area contributed by atoms with Crippen LogP contribution in [0.2, 0.25) is 5.15 Å². The van der Waals surface area contributed by atoms with Gasteiger partial charge >= 0.3 is 0 Å². The van der Waals surface area contributed by atoms with Crippen LogP contribution in [0, 0.1) is 0 Å². The average Bonchev–Trinajstić information content (AvgIpc) is 2.76. The third kappa shape index (κ3) is 2.71. The van der Waals surface area contributed by atoms with Gasteiger partial charge in [-0.3, -0.25) is 14.4 Å². The molecule has 6 nitrogen and oxygen atoms in total. The second-order valence-electron chi connectivity index (χ2n) is 5.49. The van der Waals surface area contributed by atoms with Crippen LogP contribution in [-0.2, 0) is 10.2 Å². The number of anilines is 1. The van der Waals surface area contributed by atoms with Gasteiger partial charge in [-0.15, -0.1) is 0 Å². The van der Waals surface area contributed by atoms with E-state index >= 15 is 0 Å². The maximum atomic E-state index is 11.2. The van der Waals surface area contributed by atoms with Crippen LogP contribution in [0.1, 0.15) is 26.5 Å². The molecule has 20 heavy (non-hydrogen) atoms. The van der Waals surface area contributed by atoms with E-state index in [2.05, 4.69) is 10.3 Å². The number of aromatic nitrogens is 2. The Labute approximate surface area is 121 Å². The summed E-state index contributed by atoms with van der Waals surface area (Å²) in [4.78, 5) is 15.8. The van der Waals surface area contributed by atoms with Gasteiger partial charge in [0.05, 0.1) is 12.2 Å². The first-order chi connectivity index (χ1) is 9.34. The van der Waals surface area contributed by atoms with Gasteiger partial charge in [0, 0.05) is 5.41 Å². The molecule has 2 aromatic rings. The van der Waals surface area contributed by atoms with Crippen LogP contribution in [0.5, 0.6) is 0 Å². The zero-order chi connectivity index (χ0) is 14.9. The molecule has 108 valence electrons. The number of hydrogen-bond donors (Lipinski definition) is 3. The molecule has 0 aliphatic rings. The van der Waals surface area contributed by atoms with Crippen molar-refractivity contribution in [3.8, 4) is 0 Å². The summed E-state index contributed by atoms with van der Waals surface area (Å²) < 4.78 is 1.74. The maximum Gasteiger partial charge on any atom is 0.262 e. The fourth-order valence-electron chi connectivity index (χ4n) is 1.94. The summed E-state index contributed by atoms with van der Waals surface area (Å²) >= 11 is 6.21. The van der Waals surface area contributed by atoms with Gasteiger partial charge in [-0.05, 0) is 12.1 Å². The van der Waals surface area contributed by atoms with Crippen molar-refractivity contribution in [3.63, 3.8) is 0 Å². The molecule has 0 atom stereocenters. The molecule has 0 aliphatic carbocycles. The molecule has 0 aromatic carbocycles. The molecule has 7 heteroatoms. The van der Waals surface area contributed by atoms with E-state index in [9.17, 15) is 4.79 Å². The fourth-order valence-corrected chi connectivity index (χ4v) is 2.19. The number of carbonyl (C=O) groups is 1. The number of halogens is 1. The molecule has 1 amide bonds. The number of nitrogens with one attached hydrogen (secondary N) is 2. The number of hydrogen-bond acceptors (Lipinski definition) is 4. The summed E-state index contributed by atoms with van der Waals surface area (Å²) in [6, 6.07) is 5.42. The lowest BCUT2D eigenvalue weighted by Crippen LogP contribution is -2.28. The van der Waals surface area contributed by atoms with Crippen molar-refractivity contribution in [3.05, 3.63) is 29.0 Å². The van der Waals surface area contributed by atoms with Crippen LogP contribution in [0.4, 0.5) is 5.82 Å². The number of hydroxylamine groups is 1. The van der Waals surface area contributed by atoms with Gasteiger partial charge in [-0.1, -0.05) is 38.4 Å². The molecule has 3 N–H and O–H groups in total. The van der Waals surface area contributed by atoms with Crippen molar-refractivity contribution in [1.82, 2.24) is 14.9 Å². The number of nitrogens with zero attached hydrogens (tertiary/aromatic N) is 2. The second kappa shape index (κ2) is 5.30. The molecule has 2 rings (SSSR count). The van der Waals surface area contributed by atoms with E-state index in [1.807, 2.05) is 32.9 Å². The lowest BCUT2D eigenvalue weighted by Gasteiger charge is -2.18. The Balaban J connectivity index is 2.55. The lowest BCUT2D eigenvalue weighted by molar-refractivity contribution is -0.127. The Hall–Kier alpha value is -1.79. The number of fused-ring (bicyclic) bond motifs is 1. The molecule has 2 aromatic heterocycles. The minimum Gasteiger partial charge on any atom is -0.360 e. The smallest absolute Gasteiger partial charge is 0.262 e. The van der Waals surface area contributed by atoms with Crippen LogP contribution < -0.4 is 10.8 Å². The fraction of sp³-hybridized carbons (Fsp3) is 0.385. The number of amides is 1. The Bertz CT molecular complexity index is 646.